The molecule has 0 saturated carbocycles. The van der Waals surface area contributed by atoms with E-state index in [9.17, 15) is 14.7 Å². The van der Waals surface area contributed by atoms with E-state index < -0.39 is 11.8 Å². The van der Waals surface area contributed by atoms with Gasteiger partial charge in [0.25, 0.3) is 0 Å². The molecular formula is C23H20ClNO5. The number of phenolic OH excluding ortho intramolecular Hbond substituents is 1. The fraction of sp³-hybridized carbons (Fsp3) is 0.130. The van der Waals surface area contributed by atoms with Crippen LogP contribution in [-0.4, -0.2) is 30.6 Å². The second-order valence-electron chi connectivity index (χ2n) is 6.30. The number of carbonyl (C=O) groups excluding carboxylic acids is 2. The van der Waals surface area contributed by atoms with Gasteiger partial charge in [-0.05, 0) is 61.5 Å². The summed E-state index contributed by atoms with van der Waals surface area (Å²) in [6.45, 7) is 1.98. The highest BCUT2D eigenvalue weighted by Gasteiger charge is 2.21. The first kappa shape index (κ1) is 21.2. The highest BCUT2D eigenvalue weighted by atomic mass is 35.5. The summed E-state index contributed by atoms with van der Waals surface area (Å²) in [6.07, 6.45) is 6.15. The molecular weight excluding hydrogens is 406 g/mol. The Morgan fingerprint density at radius 3 is 2.53 bits per heavy atom. The van der Waals surface area contributed by atoms with Crippen molar-refractivity contribution in [3.8, 4) is 11.5 Å². The lowest BCUT2D eigenvalue weighted by molar-refractivity contribution is -0.137. The van der Waals surface area contributed by atoms with Crippen LogP contribution in [0.4, 0.5) is 5.69 Å². The van der Waals surface area contributed by atoms with E-state index in [0.717, 1.165) is 0 Å². The fourth-order valence-electron chi connectivity index (χ4n) is 2.88. The average molecular weight is 426 g/mol. The quantitative estimate of drug-likeness (QED) is 0.412. The van der Waals surface area contributed by atoms with Gasteiger partial charge < -0.3 is 19.5 Å². The number of phenols is 1. The number of aromatic hydroxyl groups is 1. The minimum Gasteiger partial charge on any atom is -0.507 e. The molecule has 0 aromatic heterocycles. The van der Waals surface area contributed by atoms with Crippen LogP contribution in [-0.2, 0) is 9.53 Å². The Balaban J connectivity index is 2.02. The van der Waals surface area contributed by atoms with Crippen LogP contribution < -0.4 is 9.64 Å². The van der Waals surface area contributed by atoms with Gasteiger partial charge in [0.05, 0.1) is 25.0 Å². The molecule has 0 amide bonds. The molecule has 154 valence electrons. The van der Waals surface area contributed by atoms with Crippen molar-refractivity contribution in [2.75, 3.05) is 18.6 Å². The maximum Gasteiger partial charge on any atom is 0.332 e. The van der Waals surface area contributed by atoms with Crippen molar-refractivity contribution in [3.63, 3.8) is 0 Å². The Morgan fingerprint density at radius 1 is 1.13 bits per heavy atom. The van der Waals surface area contributed by atoms with E-state index in [4.69, 9.17) is 21.1 Å². The molecule has 1 aliphatic rings. The second-order valence-corrected chi connectivity index (χ2v) is 6.73. The van der Waals surface area contributed by atoms with E-state index in [0.29, 0.717) is 27.7 Å². The van der Waals surface area contributed by atoms with Crippen LogP contribution in [0.25, 0.3) is 0 Å². The summed E-state index contributed by atoms with van der Waals surface area (Å²) in [5.74, 6) is -0.389. The van der Waals surface area contributed by atoms with E-state index in [1.165, 1.54) is 24.3 Å². The summed E-state index contributed by atoms with van der Waals surface area (Å²) in [5, 5.41) is 10.4. The van der Waals surface area contributed by atoms with Crippen molar-refractivity contribution in [1.82, 2.24) is 0 Å². The van der Waals surface area contributed by atoms with E-state index in [-0.39, 0.29) is 17.9 Å². The van der Waals surface area contributed by atoms with Gasteiger partial charge >= 0.3 is 5.97 Å². The van der Waals surface area contributed by atoms with Crippen molar-refractivity contribution in [2.45, 2.75) is 6.92 Å². The van der Waals surface area contributed by atoms with Gasteiger partial charge in [0, 0.05) is 28.6 Å². The predicted molar refractivity (Wildman–Crippen MR) is 115 cm³/mol. The van der Waals surface area contributed by atoms with Gasteiger partial charge in [0.1, 0.15) is 11.5 Å². The Labute approximate surface area is 179 Å². The molecule has 0 spiro atoms. The molecule has 1 N–H and O–H groups in total. The first-order valence-corrected chi connectivity index (χ1v) is 9.55. The van der Waals surface area contributed by atoms with Crippen LogP contribution in [0.2, 0.25) is 5.02 Å². The summed E-state index contributed by atoms with van der Waals surface area (Å²) in [7, 11) is 1.57. The molecule has 0 radical (unpaired) electrons. The van der Waals surface area contributed by atoms with Gasteiger partial charge in [-0.2, -0.15) is 0 Å². The third-order valence-electron chi connectivity index (χ3n) is 4.35. The molecule has 6 nitrogen and oxygen atoms in total. The number of rotatable bonds is 6. The minimum atomic E-state index is -0.494. The number of nitrogens with zero attached hydrogens (tertiary/aromatic N) is 1. The molecule has 0 atom stereocenters. The number of anilines is 1. The molecule has 0 saturated heterocycles. The molecule has 30 heavy (non-hydrogen) atoms. The first-order chi connectivity index (χ1) is 14.4. The lowest BCUT2D eigenvalue weighted by atomic mass is 10.00. The van der Waals surface area contributed by atoms with E-state index in [1.54, 1.807) is 61.6 Å². The number of halogens is 1. The molecule has 7 heteroatoms. The zero-order chi connectivity index (χ0) is 21.7. The predicted octanol–water partition coefficient (Wildman–Crippen LogP) is 4.64. The van der Waals surface area contributed by atoms with Gasteiger partial charge in [-0.15, -0.1) is 0 Å². The largest absolute Gasteiger partial charge is 0.507 e. The lowest BCUT2D eigenvalue weighted by Crippen LogP contribution is -2.21. The van der Waals surface area contributed by atoms with Crippen LogP contribution in [0.5, 0.6) is 11.5 Å². The monoisotopic (exact) mass is 425 g/mol. The number of hydrogen-bond acceptors (Lipinski definition) is 6. The standard InChI is InChI=1S/C23H20ClNO5/c1-3-30-22(27)13-18-6-4-15(23(28)20-12-16(24)5-11-21(20)26)14-25(18)17-7-9-19(29-2)10-8-17/h4-14,26H,3H2,1-2H3/b18-13+. The number of benzene rings is 2. The topological polar surface area (TPSA) is 76.1 Å². The van der Waals surface area contributed by atoms with Crippen molar-refractivity contribution in [1.29, 1.82) is 0 Å². The summed E-state index contributed by atoms with van der Waals surface area (Å²) >= 11 is 5.98. The summed E-state index contributed by atoms with van der Waals surface area (Å²) < 4.78 is 10.2. The summed E-state index contributed by atoms with van der Waals surface area (Å²) in [5.41, 5.74) is 1.62. The molecule has 0 unspecified atom stereocenters. The zero-order valence-corrected chi connectivity index (χ0v) is 17.2. The average Bonchev–Trinajstić information content (AvgIpc) is 2.75. The number of ether oxygens (including phenoxy) is 2. The zero-order valence-electron chi connectivity index (χ0n) is 16.5. The number of hydrogen-bond donors (Lipinski definition) is 1. The number of methoxy groups -OCH3 is 1. The third kappa shape index (κ3) is 4.72. The molecule has 1 aliphatic heterocycles. The molecule has 0 fully saturated rings. The Morgan fingerprint density at radius 2 is 1.87 bits per heavy atom. The van der Waals surface area contributed by atoms with Crippen molar-refractivity contribution < 1.29 is 24.2 Å². The van der Waals surface area contributed by atoms with Gasteiger partial charge in [0.15, 0.2) is 5.78 Å². The van der Waals surface area contributed by atoms with Crippen LogP contribution in [0.15, 0.2) is 78.2 Å². The van der Waals surface area contributed by atoms with Crippen LogP contribution in [0.3, 0.4) is 0 Å². The second kappa shape index (κ2) is 9.33. The normalized spacial score (nSPS) is 14.4. The smallest absolute Gasteiger partial charge is 0.332 e. The van der Waals surface area contributed by atoms with Crippen LogP contribution in [0.1, 0.15) is 17.3 Å². The van der Waals surface area contributed by atoms with Gasteiger partial charge in [-0.1, -0.05) is 11.6 Å². The Bertz CT molecular complexity index is 1050. The number of carbonyl (C=O) groups is 2. The molecule has 2 aromatic carbocycles. The van der Waals surface area contributed by atoms with Crippen molar-refractivity contribution >= 4 is 29.0 Å². The van der Waals surface area contributed by atoms with Crippen LogP contribution in [0, 0.1) is 0 Å². The third-order valence-corrected chi connectivity index (χ3v) is 4.58. The van der Waals surface area contributed by atoms with Gasteiger partial charge in [-0.3, -0.25) is 4.79 Å². The summed E-state index contributed by atoms with van der Waals surface area (Å²) in [4.78, 5) is 26.7. The highest BCUT2D eigenvalue weighted by Crippen LogP contribution is 2.30. The molecule has 2 aromatic rings. The van der Waals surface area contributed by atoms with E-state index >= 15 is 0 Å². The van der Waals surface area contributed by atoms with Gasteiger partial charge in [-0.25, -0.2) is 4.79 Å². The fourth-order valence-corrected chi connectivity index (χ4v) is 3.05. The molecule has 0 bridgehead atoms. The number of allylic oxidation sites excluding steroid dienone is 3. The van der Waals surface area contributed by atoms with Crippen molar-refractivity contribution in [2.24, 2.45) is 0 Å². The number of Topliss-reactive ketones (excluding diaryl/α,β-unsaturated/α-hetero) is 1. The molecule has 3 rings (SSSR count). The van der Waals surface area contributed by atoms with E-state index in [1.807, 2.05) is 0 Å². The van der Waals surface area contributed by atoms with E-state index in [2.05, 4.69) is 0 Å². The molecule has 1 heterocycles. The number of esters is 1. The number of ketones is 1. The van der Waals surface area contributed by atoms with Crippen molar-refractivity contribution in [3.05, 3.63) is 88.7 Å². The summed E-state index contributed by atoms with van der Waals surface area (Å²) in [6, 6.07) is 11.4. The Hall–Kier alpha value is -3.51. The SMILES string of the molecule is CCOC(=O)/C=C1\C=CC(C(=O)c2cc(Cl)ccc2O)=CN1c1ccc(OC)cc1. The molecule has 0 aliphatic carbocycles. The minimum absolute atomic E-state index is 0.0888. The van der Waals surface area contributed by atoms with Gasteiger partial charge in [0.2, 0.25) is 0 Å². The Kier molecular flexibility index (Phi) is 6.59. The van der Waals surface area contributed by atoms with Crippen LogP contribution >= 0.6 is 11.6 Å². The maximum atomic E-state index is 13.0. The first-order valence-electron chi connectivity index (χ1n) is 9.17. The maximum absolute atomic E-state index is 13.0. The highest BCUT2D eigenvalue weighted by molar-refractivity contribution is 6.31. The lowest BCUT2D eigenvalue weighted by Gasteiger charge is -2.26.